The summed E-state index contributed by atoms with van der Waals surface area (Å²) in [5.41, 5.74) is 2.93. The van der Waals surface area contributed by atoms with E-state index in [0.29, 0.717) is 6.04 Å². The first-order valence-corrected chi connectivity index (χ1v) is 5.60. The van der Waals surface area contributed by atoms with Gasteiger partial charge in [-0.05, 0) is 25.5 Å². The van der Waals surface area contributed by atoms with Crippen LogP contribution in [0.4, 0.5) is 4.39 Å². The minimum absolute atomic E-state index is 0.278. The van der Waals surface area contributed by atoms with Crippen LogP contribution in [0.1, 0.15) is 24.6 Å². The molecular weight excluding hydrogens is 205 g/mol. The van der Waals surface area contributed by atoms with E-state index in [-0.39, 0.29) is 5.82 Å². The molecular formula is C12H14FN3. The van der Waals surface area contributed by atoms with Gasteiger partial charge in [0.25, 0.3) is 0 Å². The molecule has 0 saturated carbocycles. The van der Waals surface area contributed by atoms with Crippen LogP contribution >= 0.6 is 0 Å². The van der Waals surface area contributed by atoms with Crippen LogP contribution in [0.25, 0.3) is 11.0 Å². The normalized spacial score (nSPS) is 20.8. The smallest absolute Gasteiger partial charge is 0.143 e. The van der Waals surface area contributed by atoms with Gasteiger partial charge in [0.2, 0.25) is 0 Å². The van der Waals surface area contributed by atoms with Crippen LogP contribution in [0, 0.1) is 5.82 Å². The molecule has 84 valence electrons. The zero-order valence-electron chi connectivity index (χ0n) is 9.20. The van der Waals surface area contributed by atoms with Gasteiger partial charge in [-0.2, -0.15) is 0 Å². The lowest BCUT2D eigenvalue weighted by Gasteiger charge is -2.11. The Labute approximate surface area is 93.3 Å². The summed E-state index contributed by atoms with van der Waals surface area (Å²) in [7, 11) is 1.97. The minimum Gasteiger partial charge on any atom is -0.345 e. The second kappa shape index (κ2) is 3.56. The van der Waals surface area contributed by atoms with Gasteiger partial charge in [0, 0.05) is 24.8 Å². The van der Waals surface area contributed by atoms with E-state index in [9.17, 15) is 4.39 Å². The molecule has 0 amide bonds. The maximum Gasteiger partial charge on any atom is 0.143 e. The molecule has 0 aromatic carbocycles. The highest BCUT2D eigenvalue weighted by Crippen LogP contribution is 2.27. The third-order valence-electron chi connectivity index (χ3n) is 3.31. The Morgan fingerprint density at radius 2 is 2.38 bits per heavy atom. The standard InChI is InChI=1S/C12H14FN3/c1-16-11-5-8(13)7-15-10(11)6-12(16)9-3-2-4-14-9/h5-7,9,14H,2-4H2,1H3. The highest BCUT2D eigenvalue weighted by Gasteiger charge is 2.20. The van der Waals surface area contributed by atoms with Crippen molar-refractivity contribution in [2.45, 2.75) is 18.9 Å². The molecule has 2 aromatic heterocycles. The number of hydrogen-bond acceptors (Lipinski definition) is 2. The van der Waals surface area contributed by atoms with Crippen molar-refractivity contribution in [1.82, 2.24) is 14.9 Å². The predicted molar refractivity (Wildman–Crippen MR) is 60.6 cm³/mol. The molecule has 1 fully saturated rings. The maximum absolute atomic E-state index is 13.1. The Bertz CT molecular complexity index is 526. The van der Waals surface area contributed by atoms with Crippen molar-refractivity contribution in [3.05, 3.63) is 29.8 Å². The van der Waals surface area contributed by atoms with Crippen molar-refractivity contribution in [2.24, 2.45) is 7.05 Å². The average molecular weight is 219 g/mol. The van der Waals surface area contributed by atoms with E-state index in [1.165, 1.54) is 18.3 Å². The van der Waals surface area contributed by atoms with Crippen LogP contribution in [0.15, 0.2) is 18.3 Å². The number of halogens is 1. The molecule has 2 aromatic rings. The van der Waals surface area contributed by atoms with Crippen LogP contribution in [-0.2, 0) is 7.05 Å². The van der Waals surface area contributed by atoms with Crippen molar-refractivity contribution in [3.63, 3.8) is 0 Å². The summed E-state index contributed by atoms with van der Waals surface area (Å²) >= 11 is 0. The Balaban J connectivity index is 2.15. The summed E-state index contributed by atoms with van der Waals surface area (Å²) < 4.78 is 15.1. The van der Waals surface area contributed by atoms with E-state index in [2.05, 4.69) is 16.4 Å². The van der Waals surface area contributed by atoms with Gasteiger partial charge in [-0.3, -0.25) is 4.98 Å². The lowest BCUT2D eigenvalue weighted by Crippen LogP contribution is -2.15. The van der Waals surface area contributed by atoms with E-state index in [4.69, 9.17) is 0 Å². The minimum atomic E-state index is -0.278. The molecule has 0 aliphatic carbocycles. The highest BCUT2D eigenvalue weighted by atomic mass is 19.1. The zero-order chi connectivity index (χ0) is 11.1. The number of aryl methyl sites for hydroxylation is 1. The van der Waals surface area contributed by atoms with E-state index < -0.39 is 0 Å². The van der Waals surface area contributed by atoms with Gasteiger partial charge in [0.1, 0.15) is 5.82 Å². The van der Waals surface area contributed by atoms with Gasteiger partial charge in [-0.1, -0.05) is 0 Å². The number of aromatic nitrogens is 2. The fourth-order valence-corrected chi connectivity index (χ4v) is 2.47. The summed E-state index contributed by atoms with van der Waals surface area (Å²) in [6.07, 6.45) is 3.62. The fraction of sp³-hybridized carbons (Fsp3) is 0.417. The SMILES string of the molecule is Cn1c(C2CCCN2)cc2ncc(F)cc21. The summed E-state index contributed by atoms with van der Waals surface area (Å²) in [6, 6.07) is 3.99. The van der Waals surface area contributed by atoms with Crippen LogP contribution in [0.2, 0.25) is 0 Å². The van der Waals surface area contributed by atoms with Crippen molar-refractivity contribution in [3.8, 4) is 0 Å². The van der Waals surface area contributed by atoms with E-state index in [1.54, 1.807) is 6.07 Å². The van der Waals surface area contributed by atoms with Crippen LogP contribution in [0.3, 0.4) is 0 Å². The number of rotatable bonds is 1. The monoisotopic (exact) mass is 219 g/mol. The van der Waals surface area contributed by atoms with Crippen LogP contribution in [0.5, 0.6) is 0 Å². The average Bonchev–Trinajstić information content (AvgIpc) is 2.87. The summed E-state index contributed by atoms with van der Waals surface area (Å²) in [5.74, 6) is -0.278. The summed E-state index contributed by atoms with van der Waals surface area (Å²) in [6.45, 7) is 1.06. The molecule has 1 aliphatic heterocycles. The van der Waals surface area contributed by atoms with E-state index in [0.717, 1.165) is 24.0 Å². The largest absolute Gasteiger partial charge is 0.345 e. The van der Waals surface area contributed by atoms with Gasteiger partial charge in [-0.25, -0.2) is 4.39 Å². The molecule has 0 radical (unpaired) electrons. The van der Waals surface area contributed by atoms with E-state index >= 15 is 0 Å². The second-order valence-electron chi connectivity index (χ2n) is 4.34. The van der Waals surface area contributed by atoms with Crippen LogP contribution < -0.4 is 5.32 Å². The number of nitrogens with zero attached hydrogens (tertiary/aromatic N) is 2. The molecule has 3 heterocycles. The van der Waals surface area contributed by atoms with Crippen molar-refractivity contribution in [2.75, 3.05) is 6.54 Å². The number of pyridine rings is 1. The fourth-order valence-electron chi connectivity index (χ4n) is 2.47. The number of nitrogens with one attached hydrogen (secondary N) is 1. The Morgan fingerprint density at radius 3 is 3.12 bits per heavy atom. The first kappa shape index (κ1) is 9.78. The Hall–Kier alpha value is -1.42. The number of fused-ring (bicyclic) bond motifs is 1. The molecule has 4 heteroatoms. The lowest BCUT2D eigenvalue weighted by atomic mass is 10.1. The van der Waals surface area contributed by atoms with Crippen molar-refractivity contribution >= 4 is 11.0 Å². The molecule has 1 N–H and O–H groups in total. The molecule has 0 spiro atoms. The molecule has 3 nitrogen and oxygen atoms in total. The highest BCUT2D eigenvalue weighted by molar-refractivity contribution is 5.77. The molecule has 1 saturated heterocycles. The van der Waals surface area contributed by atoms with Gasteiger partial charge in [0.05, 0.1) is 17.2 Å². The molecule has 16 heavy (non-hydrogen) atoms. The maximum atomic E-state index is 13.1. The van der Waals surface area contributed by atoms with Crippen LogP contribution in [-0.4, -0.2) is 16.1 Å². The van der Waals surface area contributed by atoms with Gasteiger partial charge >= 0.3 is 0 Å². The van der Waals surface area contributed by atoms with Gasteiger partial charge in [0.15, 0.2) is 0 Å². The number of hydrogen-bond donors (Lipinski definition) is 1. The molecule has 0 bridgehead atoms. The molecule has 1 unspecified atom stereocenters. The lowest BCUT2D eigenvalue weighted by molar-refractivity contribution is 0.602. The second-order valence-corrected chi connectivity index (χ2v) is 4.34. The zero-order valence-corrected chi connectivity index (χ0v) is 9.20. The first-order valence-electron chi connectivity index (χ1n) is 5.60. The summed E-state index contributed by atoms with van der Waals surface area (Å²) in [4.78, 5) is 4.11. The van der Waals surface area contributed by atoms with Crippen molar-refractivity contribution in [1.29, 1.82) is 0 Å². The molecule has 1 atom stereocenters. The first-order chi connectivity index (χ1) is 7.75. The van der Waals surface area contributed by atoms with E-state index in [1.807, 2.05) is 11.6 Å². The third-order valence-corrected chi connectivity index (χ3v) is 3.31. The molecule has 1 aliphatic rings. The van der Waals surface area contributed by atoms with Gasteiger partial charge < -0.3 is 9.88 Å². The van der Waals surface area contributed by atoms with Gasteiger partial charge in [-0.15, -0.1) is 0 Å². The van der Waals surface area contributed by atoms with Crippen molar-refractivity contribution < 1.29 is 4.39 Å². The topological polar surface area (TPSA) is 29.9 Å². The summed E-state index contributed by atoms with van der Waals surface area (Å²) in [5, 5.41) is 3.45. The Kier molecular flexibility index (Phi) is 2.17. The third kappa shape index (κ3) is 1.41. The Morgan fingerprint density at radius 1 is 1.50 bits per heavy atom. The quantitative estimate of drug-likeness (QED) is 0.796. The predicted octanol–water partition coefficient (Wildman–Crippen LogP) is 2.14. The molecule has 3 rings (SSSR count).